The summed E-state index contributed by atoms with van der Waals surface area (Å²) >= 11 is 0. The van der Waals surface area contributed by atoms with Crippen molar-refractivity contribution in [2.75, 3.05) is 12.4 Å². The van der Waals surface area contributed by atoms with Crippen molar-refractivity contribution < 1.29 is 9.53 Å². The van der Waals surface area contributed by atoms with Crippen molar-refractivity contribution in [1.82, 2.24) is 10.2 Å². The quantitative estimate of drug-likeness (QED) is 0.885. The Labute approximate surface area is 112 Å². The molecule has 0 aliphatic rings. The highest BCUT2D eigenvalue weighted by molar-refractivity contribution is 5.98. The van der Waals surface area contributed by atoms with Crippen molar-refractivity contribution in [2.24, 2.45) is 0 Å². The van der Waals surface area contributed by atoms with Gasteiger partial charge in [-0.05, 0) is 19.9 Å². The van der Waals surface area contributed by atoms with E-state index in [1.54, 1.807) is 19.4 Å². The summed E-state index contributed by atoms with van der Waals surface area (Å²) in [5.41, 5.74) is 0.132. The fourth-order valence-corrected chi connectivity index (χ4v) is 1.89. The minimum Gasteiger partial charge on any atom is -0.496 e. The molecule has 0 aliphatic heterocycles. The molecule has 0 aliphatic carbocycles. The molecule has 1 heterocycles. The number of carbonyl (C=O) groups excluding carboxylic acids is 1. The predicted octanol–water partition coefficient (Wildman–Crippen LogP) is 2.33. The van der Waals surface area contributed by atoms with Gasteiger partial charge in [-0.15, -0.1) is 0 Å². The van der Waals surface area contributed by atoms with Crippen LogP contribution in [0.3, 0.4) is 0 Å². The molecule has 5 nitrogen and oxygen atoms in total. The zero-order valence-corrected chi connectivity index (χ0v) is 11.2. The van der Waals surface area contributed by atoms with Gasteiger partial charge >= 0.3 is 0 Å². The van der Waals surface area contributed by atoms with Crippen molar-refractivity contribution in [2.45, 2.75) is 19.3 Å². The lowest BCUT2D eigenvalue weighted by molar-refractivity contribution is -0.120. The first-order valence-corrected chi connectivity index (χ1v) is 6.00. The average Bonchev–Trinajstić information content (AvgIpc) is 2.91. The number of carbonyl (C=O) groups is 1. The molecule has 19 heavy (non-hydrogen) atoms. The lowest BCUT2D eigenvalue weighted by atomic mass is 9.83. The van der Waals surface area contributed by atoms with Gasteiger partial charge in [0.15, 0.2) is 0 Å². The standard InChI is InChI=1S/C14H17N3O2/c1-14(2,10-6-4-5-7-11(10)19-3)13(18)16-12-8-9-15-17-12/h4-9H,1-3H3,(H2,15,16,17,18). The number of hydrogen-bond acceptors (Lipinski definition) is 3. The maximum Gasteiger partial charge on any atom is 0.235 e. The van der Waals surface area contributed by atoms with Gasteiger partial charge in [0, 0.05) is 11.6 Å². The van der Waals surface area contributed by atoms with Gasteiger partial charge in [-0.25, -0.2) is 0 Å². The van der Waals surface area contributed by atoms with Crippen LogP contribution >= 0.6 is 0 Å². The second-order valence-corrected chi connectivity index (χ2v) is 4.75. The Bertz CT molecular complexity index is 562. The zero-order chi connectivity index (χ0) is 13.9. The van der Waals surface area contributed by atoms with Crippen molar-refractivity contribution in [3.63, 3.8) is 0 Å². The molecule has 0 saturated heterocycles. The largest absolute Gasteiger partial charge is 0.496 e. The molecule has 2 aromatic rings. The Morgan fingerprint density at radius 3 is 2.68 bits per heavy atom. The molecule has 2 rings (SSSR count). The molecule has 5 heteroatoms. The number of ether oxygens (including phenoxy) is 1. The molecule has 0 atom stereocenters. The van der Waals surface area contributed by atoms with Gasteiger partial charge in [0.05, 0.1) is 18.7 Å². The Hall–Kier alpha value is -2.30. The van der Waals surface area contributed by atoms with Crippen LogP contribution in [0.15, 0.2) is 36.5 Å². The molecule has 0 bridgehead atoms. The lowest BCUT2D eigenvalue weighted by Crippen LogP contribution is -2.35. The van der Waals surface area contributed by atoms with E-state index in [1.807, 2.05) is 38.1 Å². The van der Waals surface area contributed by atoms with Gasteiger partial charge in [-0.2, -0.15) is 5.10 Å². The summed E-state index contributed by atoms with van der Waals surface area (Å²) in [5.74, 6) is 1.15. The van der Waals surface area contributed by atoms with Gasteiger partial charge in [-0.1, -0.05) is 18.2 Å². The third kappa shape index (κ3) is 2.59. The van der Waals surface area contributed by atoms with Crippen LogP contribution in [0.4, 0.5) is 5.82 Å². The zero-order valence-electron chi connectivity index (χ0n) is 11.2. The van der Waals surface area contributed by atoms with Crippen molar-refractivity contribution >= 4 is 11.7 Å². The second-order valence-electron chi connectivity index (χ2n) is 4.75. The summed E-state index contributed by atoms with van der Waals surface area (Å²) in [4.78, 5) is 12.4. The molecule has 0 saturated carbocycles. The fourth-order valence-electron chi connectivity index (χ4n) is 1.89. The van der Waals surface area contributed by atoms with E-state index in [2.05, 4.69) is 15.5 Å². The number of H-pyrrole nitrogens is 1. The first-order valence-electron chi connectivity index (χ1n) is 6.00. The minimum absolute atomic E-state index is 0.124. The Balaban J connectivity index is 2.28. The normalized spacial score (nSPS) is 11.1. The van der Waals surface area contributed by atoms with Crippen LogP contribution < -0.4 is 10.1 Å². The molecule has 0 radical (unpaired) electrons. The number of anilines is 1. The lowest BCUT2D eigenvalue weighted by Gasteiger charge is -2.25. The fraction of sp³-hybridized carbons (Fsp3) is 0.286. The molecule has 1 aromatic carbocycles. The molecule has 0 unspecified atom stereocenters. The SMILES string of the molecule is COc1ccccc1C(C)(C)C(=O)Nc1ccn[nH]1. The van der Waals surface area contributed by atoms with E-state index < -0.39 is 5.41 Å². The summed E-state index contributed by atoms with van der Waals surface area (Å²) in [7, 11) is 1.60. The van der Waals surface area contributed by atoms with E-state index in [4.69, 9.17) is 4.74 Å². The summed E-state index contributed by atoms with van der Waals surface area (Å²) in [6.07, 6.45) is 1.59. The summed E-state index contributed by atoms with van der Waals surface area (Å²) in [6.45, 7) is 3.72. The van der Waals surface area contributed by atoms with Gasteiger partial charge < -0.3 is 10.1 Å². The molecular formula is C14H17N3O2. The monoisotopic (exact) mass is 259 g/mol. The van der Waals surface area contributed by atoms with E-state index in [-0.39, 0.29) is 5.91 Å². The third-order valence-electron chi connectivity index (χ3n) is 3.10. The summed E-state index contributed by atoms with van der Waals surface area (Å²) in [6, 6.07) is 9.22. The highest BCUT2D eigenvalue weighted by Gasteiger charge is 2.32. The van der Waals surface area contributed by atoms with Gasteiger partial charge in [-0.3, -0.25) is 9.89 Å². The number of methoxy groups -OCH3 is 1. The minimum atomic E-state index is -0.711. The molecule has 2 N–H and O–H groups in total. The van der Waals surface area contributed by atoms with Gasteiger partial charge in [0.2, 0.25) is 5.91 Å². The van der Waals surface area contributed by atoms with Crippen LogP contribution in [-0.4, -0.2) is 23.2 Å². The maximum atomic E-state index is 12.4. The number of nitrogens with zero attached hydrogens (tertiary/aromatic N) is 1. The van der Waals surface area contributed by atoms with E-state index in [9.17, 15) is 4.79 Å². The first kappa shape index (κ1) is 13.1. The number of hydrogen-bond donors (Lipinski definition) is 2. The average molecular weight is 259 g/mol. The Morgan fingerprint density at radius 1 is 1.32 bits per heavy atom. The molecule has 0 fully saturated rings. The van der Waals surface area contributed by atoms with Gasteiger partial charge in [0.1, 0.15) is 11.6 Å². The van der Waals surface area contributed by atoms with Crippen LogP contribution in [0.25, 0.3) is 0 Å². The number of aromatic nitrogens is 2. The van der Waals surface area contributed by atoms with Crippen molar-refractivity contribution in [3.8, 4) is 5.75 Å². The number of para-hydroxylation sites is 1. The number of benzene rings is 1. The molecular weight excluding hydrogens is 242 g/mol. The van der Waals surface area contributed by atoms with Crippen LogP contribution in [0.1, 0.15) is 19.4 Å². The highest BCUT2D eigenvalue weighted by Crippen LogP contribution is 2.32. The third-order valence-corrected chi connectivity index (χ3v) is 3.10. The summed E-state index contributed by atoms with van der Waals surface area (Å²) < 4.78 is 5.32. The van der Waals surface area contributed by atoms with Crippen molar-refractivity contribution in [3.05, 3.63) is 42.1 Å². The Morgan fingerprint density at radius 2 is 2.05 bits per heavy atom. The number of nitrogens with one attached hydrogen (secondary N) is 2. The second kappa shape index (κ2) is 5.14. The van der Waals surface area contributed by atoms with E-state index >= 15 is 0 Å². The predicted molar refractivity (Wildman–Crippen MR) is 73.2 cm³/mol. The molecule has 0 spiro atoms. The number of aromatic amines is 1. The van der Waals surface area contributed by atoms with Crippen LogP contribution in [0.5, 0.6) is 5.75 Å². The van der Waals surface area contributed by atoms with E-state index in [0.717, 1.165) is 5.56 Å². The highest BCUT2D eigenvalue weighted by atomic mass is 16.5. The maximum absolute atomic E-state index is 12.4. The Kier molecular flexibility index (Phi) is 3.55. The van der Waals surface area contributed by atoms with E-state index in [0.29, 0.717) is 11.6 Å². The summed E-state index contributed by atoms with van der Waals surface area (Å²) in [5, 5.41) is 9.31. The topological polar surface area (TPSA) is 67.0 Å². The molecule has 100 valence electrons. The first-order chi connectivity index (χ1) is 9.05. The number of rotatable bonds is 4. The smallest absolute Gasteiger partial charge is 0.235 e. The van der Waals surface area contributed by atoms with Crippen LogP contribution in [0, 0.1) is 0 Å². The van der Waals surface area contributed by atoms with Crippen LogP contribution in [-0.2, 0) is 10.2 Å². The van der Waals surface area contributed by atoms with Crippen LogP contribution in [0.2, 0.25) is 0 Å². The van der Waals surface area contributed by atoms with E-state index in [1.165, 1.54) is 0 Å². The molecule has 1 amide bonds. The van der Waals surface area contributed by atoms with Crippen molar-refractivity contribution in [1.29, 1.82) is 0 Å². The van der Waals surface area contributed by atoms with Gasteiger partial charge in [0.25, 0.3) is 0 Å². The number of amides is 1. The molecule has 1 aromatic heterocycles.